The average molecular weight is 545 g/mol. The summed E-state index contributed by atoms with van der Waals surface area (Å²) in [4.78, 5) is 35.8. The van der Waals surface area contributed by atoms with Crippen LogP contribution in [0.1, 0.15) is 73.2 Å². The van der Waals surface area contributed by atoms with Gasteiger partial charge in [-0.3, -0.25) is 14.2 Å². The van der Waals surface area contributed by atoms with Crippen molar-refractivity contribution >= 4 is 16.9 Å². The minimum atomic E-state index is -4.78. The summed E-state index contributed by atoms with van der Waals surface area (Å²) >= 11 is 0. The van der Waals surface area contributed by atoms with Crippen molar-refractivity contribution in [3.05, 3.63) is 63.3 Å². The Balaban J connectivity index is 1.41. The van der Waals surface area contributed by atoms with Crippen LogP contribution < -0.4 is 10.3 Å². The molecule has 4 atom stereocenters. The van der Waals surface area contributed by atoms with E-state index in [2.05, 4.69) is 9.97 Å². The minimum Gasteiger partial charge on any atom is -0.486 e. The quantitative estimate of drug-likeness (QED) is 0.501. The number of aromatic nitrogens is 3. The summed E-state index contributed by atoms with van der Waals surface area (Å²) < 4.78 is 49.4. The number of benzene rings is 1. The van der Waals surface area contributed by atoms with Crippen molar-refractivity contribution in [2.24, 2.45) is 11.8 Å². The number of fused-ring (bicyclic) bond motifs is 1. The fourth-order valence-electron chi connectivity index (χ4n) is 5.38. The summed E-state index contributed by atoms with van der Waals surface area (Å²) in [6.45, 7) is 7.72. The van der Waals surface area contributed by atoms with E-state index in [1.54, 1.807) is 24.0 Å². The maximum Gasteiger partial charge on any atom is 0.433 e. The highest BCUT2D eigenvalue weighted by Crippen LogP contribution is 2.37. The van der Waals surface area contributed by atoms with E-state index in [9.17, 15) is 27.9 Å². The number of aliphatic hydroxyl groups is 1. The van der Waals surface area contributed by atoms with E-state index in [0.29, 0.717) is 24.5 Å². The highest BCUT2D eigenvalue weighted by atomic mass is 19.4. The van der Waals surface area contributed by atoms with E-state index >= 15 is 0 Å². The van der Waals surface area contributed by atoms with Crippen LogP contribution in [0.25, 0.3) is 11.0 Å². The first kappa shape index (κ1) is 27.1. The topological polar surface area (TPSA) is 97.6 Å². The van der Waals surface area contributed by atoms with Crippen LogP contribution in [0.3, 0.4) is 0 Å². The van der Waals surface area contributed by atoms with Gasteiger partial charge in [-0.25, -0.2) is 9.97 Å². The molecule has 3 aromatic rings. The SMILES string of the molecule is Cc1nc2nc(C(F)(F)F)c([C@H](C)Oc3ccc(C(=O)N4C[C@@H](C)C(O)[C@@H](C)C4)cc3)cc2c(=O)n1C1CC1. The van der Waals surface area contributed by atoms with Gasteiger partial charge in [0, 0.05) is 30.3 Å². The second-order valence-electron chi connectivity index (χ2n) is 10.8. The predicted octanol–water partition coefficient (Wildman–Crippen LogP) is 4.68. The molecule has 0 radical (unpaired) electrons. The number of nitrogens with zero attached hydrogens (tertiary/aromatic N) is 4. The second kappa shape index (κ2) is 9.93. The molecular formula is C28H31F3N4O4. The molecule has 208 valence electrons. The lowest BCUT2D eigenvalue weighted by molar-refractivity contribution is -0.142. The third kappa shape index (κ3) is 5.24. The Labute approximate surface area is 223 Å². The highest BCUT2D eigenvalue weighted by Gasteiger charge is 2.39. The summed E-state index contributed by atoms with van der Waals surface area (Å²) in [5, 5.41) is 10.2. The number of carbonyl (C=O) groups is 1. The first-order valence-electron chi connectivity index (χ1n) is 13.1. The Morgan fingerprint density at radius 3 is 2.28 bits per heavy atom. The first-order chi connectivity index (χ1) is 18.3. The molecule has 39 heavy (non-hydrogen) atoms. The maximum absolute atomic E-state index is 14.0. The molecule has 2 fully saturated rings. The van der Waals surface area contributed by atoms with E-state index in [0.717, 1.165) is 12.8 Å². The van der Waals surface area contributed by atoms with Gasteiger partial charge in [-0.2, -0.15) is 13.2 Å². The molecule has 5 rings (SSSR count). The number of alkyl halides is 3. The molecule has 0 bridgehead atoms. The third-order valence-corrected chi connectivity index (χ3v) is 7.60. The maximum atomic E-state index is 14.0. The first-order valence-corrected chi connectivity index (χ1v) is 13.1. The molecule has 1 aliphatic heterocycles. The molecular weight excluding hydrogens is 513 g/mol. The van der Waals surface area contributed by atoms with E-state index in [1.165, 1.54) is 29.7 Å². The summed E-state index contributed by atoms with van der Waals surface area (Å²) in [7, 11) is 0. The number of likely N-dealkylation sites (tertiary alicyclic amines) is 1. The number of rotatable bonds is 5. The van der Waals surface area contributed by atoms with Crippen molar-refractivity contribution in [2.75, 3.05) is 13.1 Å². The zero-order valence-electron chi connectivity index (χ0n) is 22.2. The van der Waals surface area contributed by atoms with Crippen molar-refractivity contribution in [3.63, 3.8) is 0 Å². The van der Waals surface area contributed by atoms with Crippen LogP contribution in [-0.4, -0.2) is 49.6 Å². The molecule has 11 heteroatoms. The monoisotopic (exact) mass is 544 g/mol. The Kier molecular flexibility index (Phi) is 6.90. The van der Waals surface area contributed by atoms with Crippen LogP contribution >= 0.6 is 0 Å². The minimum absolute atomic E-state index is 0.0106. The molecule has 2 aliphatic rings. The van der Waals surface area contributed by atoms with Gasteiger partial charge in [-0.05, 0) is 68.9 Å². The molecule has 1 saturated carbocycles. The number of hydrogen-bond donors (Lipinski definition) is 1. The zero-order valence-corrected chi connectivity index (χ0v) is 22.2. The molecule has 1 N–H and O–H groups in total. The third-order valence-electron chi connectivity index (χ3n) is 7.60. The van der Waals surface area contributed by atoms with E-state index < -0.39 is 29.6 Å². The number of halogens is 3. The van der Waals surface area contributed by atoms with Gasteiger partial charge in [-0.15, -0.1) is 0 Å². The van der Waals surface area contributed by atoms with Gasteiger partial charge in [0.1, 0.15) is 17.7 Å². The standard InChI is InChI=1S/C28H31F3N4O4/c1-14-12-34(13-15(2)23(14)36)26(37)18-5-9-20(10-6-18)39-16(3)21-11-22-25(33-24(21)28(29,30)31)32-17(4)35(27(22)38)19-7-8-19/h5-6,9-11,14-16,19,23,36H,7-8,12-13H2,1-4H3/t14-,15+,16-,23?/m0/s1. The number of hydrogen-bond acceptors (Lipinski definition) is 6. The average Bonchev–Trinajstić information content (AvgIpc) is 3.71. The summed E-state index contributed by atoms with van der Waals surface area (Å²) in [6, 6.07) is 7.39. The number of pyridine rings is 1. The zero-order chi connectivity index (χ0) is 28.2. The molecule has 2 aromatic heterocycles. The van der Waals surface area contributed by atoms with E-state index in [-0.39, 0.29) is 46.1 Å². The van der Waals surface area contributed by atoms with E-state index in [4.69, 9.17) is 4.74 Å². The number of carbonyl (C=O) groups excluding carboxylic acids is 1. The Morgan fingerprint density at radius 1 is 1.10 bits per heavy atom. The summed E-state index contributed by atoms with van der Waals surface area (Å²) in [6.07, 6.45) is -4.70. The largest absolute Gasteiger partial charge is 0.486 e. The summed E-state index contributed by atoms with van der Waals surface area (Å²) in [5.41, 5.74) is -1.66. The van der Waals surface area contributed by atoms with Crippen molar-refractivity contribution in [1.82, 2.24) is 19.4 Å². The fraction of sp³-hybridized carbons (Fsp3) is 0.500. The second-order valence-corrected chi connectivity index (χ2v) is 10.8. The molecule has 1 saturated heterocycles. The molecule has 0 spiro atoms. The van der Waals surface area contributed by atoms with Gasteiger partial charge in [0.25, 0.3) is 11.5 Å². The molecule has 1 amide bonds. The Morgan fingerprint density at radius 2 is 1.72 bits per heavy atom. The molecule has 8 nitrogen and oxygen atoms in total. The van der Waals surface area contributed by atoms with Gasteiger partial charge in [0.05, 0.1) is 11.5 Å². The fourth-order valence-corrected chi connectivity index (χ4v) is 5.38. The Hall–Kier alpha value is -3.47. The lowest BCUT2D eigenvalue weighted by Gasteiger charge is -2.38. The van der Waals surface area contributed by atoms with Crippen molar-refractivity contribution in [1.29, 1.82) is 0 Å². The van der Waals surface area contributed by atoms with Gasteiger partial charge in [-0.1, -0.05) is 13.8 Å². The smallest absolute Gasteiger partial charge is 0.433 e. The van der Waals surface area contributed by atoms with Crippen LogP contribution in [0.4, 0.5) is 13.2 Å². The van der Waals surface area contributed by atoms with Crippen LogP contribution in [0.5, 0.6) is 5.75 Å². The lowest BCUT2D eigenvalue weighted by atomic mass is 9.88. The summed E-state index contributed by atoms with van der Waals surface area (Å²) in [5.74, 6) is 0.319. The molecule has 1 unspecified atom stereocenters. The van der Waals surface area contributed by atoms with Crippen LogP contribution in [-0.2, 0) is 6.18 Å². The lowest BCUT2D eigenvalue weighted by Crippen LogP contribution is -2.49. The van der Waals surface area contributed by atoms with Crippen molar-refractivity contribution in [3.8, 4) is 5.75 Å². The number of aliphatic hydroxyl groups excluding tert-OH is 1. The highest BCUT2D eigenvalue weighted by molar-refractivity contribution is 5.94. The van der Waals surface area contributed by atoms with Gasteiger partial charge >= 0.3 is 6.18 Å². The molecule has 3 heterocycles. The van der Waals surface area contributed by atoms with Crippen LogP contribution in [0, 0.1) is 18.8 Å². The van der Waals surface area contributed by atoms with E-state index in [1.807, 2.05) is 13.8 Å². The normalized spacial score (nSPS) is 22.7. The number of ether oxygens (including phenoxy) is 1. The van der Waals surface area contributed by atoms with Gasteiger partial charge in [0.2, 0.25) is 0 Å². The number of aryl methyl sites for hydroxylation is 1. The van der Waals surface area contributed by atoms with Crippen LogP contribution in [0.2, 0.25) is 0 Å². The Bertz CT molecular complexity index is 1450. The number of amides is 1. The van der Waals surface area contributed by atoms with Gasteiger partial charge in [0.15, 0.2) is 11.3 Å². The molecule has 1 aromatic carbocycles. The van der Waals surface area contributed by atoms with Gasteiger partial charge < -0.3 is 14.7 Å². The predicted molar refractivity (Wildman–Crippen MR) is 138 cm³/mol. The molecule has 1 aliphatic carbocycles. The van der Waals surface area contributed by atoms with Crippen molar-refractivity contribution < 1.29 is 27.8 Å². The van der Waals surface area contributed by atoms with Crippen LogP contribution in [0.15, 0.2) is 35.1 Å². The van der Waals surface area contributed by atoms with Crippen molar-refractivity contribution in [2.45, 2.75) is 65.0 Å². The number of piperidine rings is 1.